The van der Waals surface area contributed by atoms with E-state index in [9.17, 15) is 0 Å². The number of fused-ring (bicyclic) bond motifs is 13. The van der Waals surface area contributed by atoms with Crippen molar-refractivity contribution in [2.45, 2.75) is 25.7 Å². The molecule has 3 heterocycles. The molecule has 0 saturated carbocycles. The summed E-state index contributed by atoms with van der Waals surface area (Å²) in [6.07, 6.45) is 17.9. The van der Waals surface area contributed by atoms with E-state index < -0.39 is 0 Å². The van der Waals surface area contributed by atoms with Crippen LogP contribution in [-0.2, 0) is 0 Å². The Kier molecular flexibility index (Phi) is 11.7. The molecule has 4 nitrogen and oxygen atoms in total. The molecule has 0 bridgehead atoms. The third-order valence-electron chi connectivity index (χ3n) is 17.4. The number of rotatable bonds is 10. The summed E-state index contributed by atoms with van der Waals surface area (Å²) < 4.78 is 17.0. The molecule has 2 aliphatic rings. The fourth-order valence-electron chi connectivity index (χ4n) is 13.6. The Hall–Kier alpha value is -10.5. The van der Waals surface area contributed by atoms with E-state index in [0.717, 1.165) is 142 Å². The molecule has 0 spiro atoms. The SMILES string of the molecule is C1=CC(c2cccc(N(c3cc4c(sc5cc(N(c6cccc(-c7ccccc7)c6)c6cccc7c6oc6c(C8=CCCC=C8)cccc67)c6ccccc6c54)c4ccccc34)c3cccc4c3oc3c(-c5ccccc5)cccc34)c2)=CCC1. The standard InChI is InChI=1S/C80H54N2O2S/c1-5-23-51(24-6-1)55-31-17-33-57(47-55)81(70-45-21-43-66-64-41-19-39-59(76(64)83-78(66)70)53-27-9-3-10-28-53)72-49-69-75-63-37-15-13-35-61(63)73(50-74(75)85-80(69)68-38-16-14-36-62(68)72)82(58-34-18-32-56(48-58)52-25-7-2-8-26-52)71-46-22-44-67-65-42-20-40-60(77(65)84-79(67)71)54-29-11-4-12-30-54/h2-3,5,7-11,13-50H,1,4,6,12H2. The largest absolute Gasteiger partial charge is 0.453 e. The van der Waals surface area contributed by atoms with Gasteiger partial charge in [-0.05, 0) is 113 Å². The van der Waals surface area contributed by atoms with Crippen LogP contribution in [0.25, 0.3) is 119 Å². The number of anilines is 6. The summed E-state index contributed by atoms with van der Waals surface area (Å²) in [7, 11) is 0. The third kappa shape index (κ3) is 8.10. The minimum absolute atomic E-state index is 0.840. The lowest BCUT2D eigenvalue weighted by molar-refractivity contribution is 0.668. The molecule has 17 rings (SSSR count). The number of furan rings is 2. The number of hydrogen-bond donors (Lipinski definition) is 0. The second kappa shape index (κ2) is 20.2. The van der Waals surface area contributed by atoms with Gasteiger partial charge < -0.3 is 18.6 Å². The van der Waals surface area contributed by atoms with Gasteiger partial charge >= 0.3 is 0 Å². The summed E-state index contributed by atoms with van der Waals surface area (Å²) in [5.41, 5.74) is 18.9. The van der Waals surface area contributed by atoms with Gasteiger partial charge in [0.2, 0.25) is 0 Å². The highest BCUT2D eigenvalue weighted by atomic mass is 32.1. The number of allylic oxidation sites excluding steroid dienone is 8. The lowest BCUT2D eigenvalue weighted by atomic mass is 9.96. The van der Waals surface area contributed by atoms with Gasteiger partial charge in [0.25, 0.3) is 0 Å². The number of hydrogen-bond acceptors (Lipinski definition) is 5. The van der Waals surface area contributed by atoms with E-state index in [2.05, 4.69) is 289 Å². The van der Waals surface area contributed by atoms with E-state index in [1.807, 2.05) is 11.3 Å². The van der Waals surface area contributed by atoms with Crippen LogP contribution in [-0.4, -0.2) is 0 Å². The third-order valence-corrected chi connectivity index (χ3v) is 18.6. The predicted octanol–water partition coefficient (Wildman–Crippen LogP) is 23.9. The van der Waals surface area contributed by atoms with Gasteiger partial charge in [-0.25, -0.2) is 0 Å². The Morgan fingerprint density at radius 3 is 1.41 bits per heavy atom. The fourth-order valence-corrected chi connectivity index (χ4v) is 14.8. The molecule has 2 aliphatic carbocycles. The zero-order valence-corrected chi connectivity index (χ0v) is 47.3. The monoisotopic (exact) mass is 1110 g/mol. The van der Waals surface area contributed by atoms with Gasteiger partial charge in [0.05, 0.1) is 22.7 Å². The van der Waals surface area contributed by atoms with Crippen LogP contribution in [0.2, 0.25) is 0 Å². The van der Waals surface area contributed by atoms with E-state index >= 15 is 0 Å². The van der Waals surface area contributed by atoms with Crippen molar-refractivity contribution in [2.75, 3.05) is 9.80 Å². The minimum atomic E-state index is 0.840. The van der Waals surface area contributed by atoms with Crippen molar-refractivity contribution in [3.63, 3.8) is 0 Å². The number of para-hydroxylation sites is 4. The van der Waals surface area contributed by atoms with Crippen LogP contribution in [0, 0.1) is 0 Å². The Labute approximate surface area is 496 Å². The van der Waals surface area contributed by atoms with Gasteiger partial charge in [0.15, 0.2) is 11.2 Å². The molecule has 0 amide bonds. The molecule has 12 aromatic carbocycles. The van der Waals surface area contributed by atoms with E-state index in [4.69, 9.17) is 8.83 Å². The molecule has 0 saturated heterocycles. The lowest BCUT2D eigenvalue weighted by Crippen LogP contribution is -2.11. The zero-order valence-electron chi connectivity index (χ0n) is 46.5. The Balaban J connectivity index is 0.928. The van der Waals surface area contributed by atoms with Crippen molar-refractivity contribution in [1.82, 2.24) is 0 Å². The predicted molar refractivity (Wildman–Crippen MR) is 362 cm³/mol. The van der Waals surface area contributed by atoms with Crippen LogP contribution in [0.5, 0.6) is 0 Å². The smallest absolute Gasteiger partial charge is 0.159 e. The average Bonchev–Trinajstić information content (AvgIpc) is 2.35. The van der Waals surface area contributed by atoms with Gasteiger partial charge in [0, 0.05) is 80.4 Å². The van der Waals surface area contributed by atoms with Crippen LogP contribution in [0.1, 0.15) is 36.8 Å². The fraction of sp³-hybridized carbons (Fsp3) is 0.0500. The number of nitrogens with zero attached hydrogens (tertiary/aromatic N) is 2. The molecule has 85 heavy (non-hydrogen) atoms. The average molecular weight is 1110 g/mol. The van der Waals surface area contributed by atoms with E-state index in [-0.39, 0.29) is 0 Å². The Morgan fingerprint density at radius 2 is 0.776 bits per heavy atom. The van der Waals surface area contributed by atoms with Crippen LogP contribution in [0.15, 0.2) is 288 Å². The quantitative estimate of drug-likeness (QED) is 0.137. The molecule has 0 aliphatic heterocycles. The molecule has 5 heteroatoms. The highest BCUT2D eigenvalue weighted by Crippen LogP contribution is 2.54. The first-order valence-corrected chi connectivity index (χ1v) is 30.3. The van der Waals surface area contributed by atoms with E-state index in [0.29, 0.717) is 0 Å². The summed E-state index contributed by atoms with van der Waals surface area (Å²) in [6, 6.07) is 88.7. The van der Waals surface area contributed by atoms with E-state index in [1.165, 1.54) is 47.7 Å². The first-order valence-electron chi connectivity index (χ1n) is 29.5. The van der Waals surface area contributed by atoms with Crippen LogP contribution >= 0.6 is 11.3 Å². The summed E-state index contributed by atoms with van der Waals surface area (Å²) in [5, 5.41) is 11.5. The molecule has 0 N–H and O–H groups in total. The molecule has 0 atom stereocenters. The van der Waals surface area contributed by atoms with Crippen molar-refractivity contribution in [2.24, 2.45) is 0 Å². The molecule has 0 unspecified atom stereocenters. The highest BCUT2D eigenvalue weighted by molar-refractivity contribution is 7.27. The van der Waals surface area contributed by atoms with Crippen molar-refractivity contribution in [1.29, 1.82) is 0 Å². The Morgan fingerprint density at radius 1 is 0.306 bits per heavy atom. The zero-order chi connectivity index (χ0) is 56.0. The van der Waals surface area contributed by atoms with Crippen LogP contribution in [0.4, 0.5) is 34.1 Å². The number of thiophene rings is 1. The maximum atomic E-state index is 7.29. The van der Waals surface area contributed by atoms with Gasteiger partial charge in [0.1, 0.15) is 11.2 Å². The topological polar surface area (TPSA) is 32.8 Å². The first-order chi connectivity index (χ1) is 42.2. The van der Waals surface area contributed by atoms with Crippen LogP contribution < -0.4 is 9.80 Å². The van der Waals surface area contributed by atoms with Gasteiger partial charge in [-0.3, -0.25) is 0 Å². The highest BCUT2D eigenvalue weighted by Gasteiger charge is 2.28. The van der Waals surface area contributed by atoms with Crippen molar-refractivity contribution in [3.05, 3.63) is 290 Å². The summed E-state index contributed by atoms with van der Waals surface area (Å²) in [6.45, 7) is 0. The summed E-state index contributed by atoms with van der Waals surface area (Å²) in [5.74, 6) is 0. The van der Waals surface area contributed by atoms with Crippen molar-refractivity contribution >= 4 is 142 Å². The van der Waals surface area contributed by atoms with E-state index in [1.54, 1.807) is 0 Å². The maximum Gasteiger partial charge on any atom is 0.159 e. The maximum absolute atomic E-state index is 7.29. The molecular weight excluding hydrogens is 1050 g/mol. The van der Waals surface area contributed by atoms with Crippen LogP contribution in [0.3, 0.4) is 0 Å². The summed E-state index contributed by atoms with van der Waals surface area (Å²) >= 11 is 1.88. The molecule has 3 aromatic heterocycles. The molecule has 15 aromatic rings. The second-order valence-corrected chi connectivity index (χ2v) is 23.4. The number of benzene rings is 12. The normalized spacial score (nSPS) is 13.5. The molecule has 402 valence electrons. The minimum Gasteiger partial charge on any atom is -0.453 e. The Bertz CT molecular complexity index is 5320. The van der Waals surface area contributed by atoms with Crippen molar-refractivity contribution < 1.29 is 8.83 Å². The lowest BCUT2D eigenvalue weighted by Gasteiger charge is -2.28. The summed E-state index contributed by atoms with van der Waals surface area (Å²) in [4.78, 5) is 4.92. The molecule has 0 radical (unpaired) electrons. The van der Waals surface area contributed by atoms with Gasteiger partial charge in [-0.15, -0.1) is 11.3 Å². The first kappa shape index (κ1) is 49.2. The van der Waals surface area contributed by atoms with Gasteiger partial charge in [-0.2, -0.15) is 0 Å². The second-order valence-electron chi connectivity index (χ2n) is 22.4. The molecular formula is C80H54N2O2S. The van der Waals surface area contributed by atoms with Crippen molar-refractivity contribution in [3.8, 4) is 22.3 Å². The molecule has 0 fully saturated rings. The van der Waals surface area contributed by atoms with Gasteiger partial charge in [-0.1, -0.05) is 231 Å².